The lowest BCUT2D eigenvalue weighted by Gasteiger charge is -2.03. The van der Waals surface area contributed by atoms with E-state index >= 15 is 0 Å². The number of nitrogens with one attached hydrogen (secondary N) is 1. The molecular formula is C18H20N2O4. The summed E-state index contributed by atoms with van der Waals surface area (Å²) in [5, 5.41) is 7.77. The van der Waals surface area contributed by atoms with E-state index in [0.29, 0.717) is 37.0 Å². The molecule has 0 aliphatic rings. The lowest BCUT2D eigenvalue weighted by molar-refractivity contribution is -0.120. The number of ether oxygens (including phenoxy) is 1. The first-order valence-corrected chi connectivity index (χ1v) is 8.05. The van der Waals surface area contributed by atoms with Gasteiger partial charge in [0.05, 0.1) is 12.1 Å². The Hall–Kier alpha value is -2.60. The van der Waals surface area contributed by atoms with Crippen LogP contribution < -0.4 is 5.32 Å². The van der Waals surface area contributed by atoms with Crippen LogP contribution in [0.5, 0.6) is 0 Å². The number of benzene rings is 1. The Morgan fingerprint density at radius 1 is 1.25 bits per heavy atom. The highest BCUT2D eigenvalue weighted by Gasteiger charge is 2.13. The first kappa shape index (κ1) is 16.3. The summed E-state index contributed by atoms with van der Waals surface area (Å²) in [6.45, 7) is 3.88. The quantitative estimate of drug-likeness (QED) is 0.643. The van der Waals surface area contributed by atoms with Crippen molar-refractivity contribution in [2.24, 2.45) is 0 Å². The highest BCUT2D eigenvalue weighted by Crippen LogP contribution is 2.28. The summed E-state index contributed by atoms with van der Waals surface area (Å²) in [4.78, 5) is 11.9. The van der Waals surface area contributed by atoms with Gasteiger partial charge in [0.25, 0.3) is 0 Å². The molecule has 0 unspecified atom stereocenters. The number of rotatable bonds is 8. The fraction of sp³-hybridized carbons (Fsp3) is 0.333. The van der Waals surface area contributed by atoms with E-state index in [1.54, 1.807) is 6.07 Å². The van der Waals surface area contributed by atoms with Gasteiger partial charge < -0.3 is 19.0 Å². The molecule has 6 heteroatoms. The molecule has 0 spiro atoms. The van der Waals surface area contributed by atoms with E-state index in [4.69, 9.17) is 13.7 Å². The van der Waals surface area contributed by atoms with Crippen LogP contribution in [0.1, 0.15) is 19.0 Å². The van der Waals surface area contributed by atoms with Gasteiger partial charge in [0.1, 0.15) is 5.58 Å². The first-order valence-electron chi connectivity index (χ1n) is 8.05. The SMILES string of the molecule is CCOCCCNC(=O)Cc1cc(-c2cc3ccccc3o2)on1. The fourth-order valence-corrected chi connectivity index (χ4v) is 2.39. The zero-order valence-corrected chi connectivity index (χ0v) is 13.6. The average Bonchev–Trinajstić information content (AvgIpc) is 3.20. The summed E-state index contributed by atoms with van der Waals surface area (Å²) in [7, 11) is 0. The van der Waals surface area contributed by atoms with Crippen LogP contribution in [-0.2, 0) is 16.0 Å². The second-order valence-electron chi connectivity index (χ2n) is 5.41. The smallest absolute Gasteiger partial charge is 0.226 e. The highest BCUT2D eigenvalue weighted by molar-refractivity contribution is 5.82. The van der Waals surface area contributed by atoms with Crippen molar-refractivity contribution in [1.29, 1.82) is 0 Å². The molecule has 1 N–H and O–H groups in total. The van der Waals surface area contributed by atoms with Gasteiger partial charge in [-0.2, -0.15) is 0 Å². The normalized spacial score (nSPS) is 11.0. The predicted octanol–water partition coefficient (Wildman–Crippen LogP) is 3.17. The van der Waals surface area contributed by atoms with Crippen LogP contribution in [0.15, 0.2) is 45.3 Å². The third-order valence-electron chi connectivity index (χ3n) is 3.56. The van der Waals surface area contributed by atoms with Crippen LogP contribution in [0.2, 0.25) is 0 Å². The molecule has 0 saturated carbocycles. The summed E-state index contributed by atoms with van der Waals surface area (Å²) >= 11 is 0. The molecule has 0 saturated heterocycles. The Labute approximate surface area is 139 Å². The zero-order valence-electron chi connectivity index (χ0n) is 13.6. The van der Waals surface area contributed by atoms with Crippen LogP contribution in [-0.4, -0.2) is 30.8 Å². The van der Waals surface area contributed by atoms with Crippen molar-refractivity contribution in [3.8, 4) is 11.5 Å². The summed E-state index contributed by atoms with van der Waals surface area (Å²) in [5.74, 6) is 1.04. The molecule has 0 fully saturated rings. The van der Waals surface area contributed by atoms with E-state index in [1.165, 1.54) is 0 Å². The first-order chi connectivity index (χ1) is 11.8. The van der Waals surface area contributed by atoms with Crippen LogP contribution >= 0.6 is 0 Å². The third-order valence-corrected chi connectivity index (χ3v) is 3.56. The molecule has 0 aliphatic carbocycles. The van der Waals surface area contributed by atoms with Crippen LogP contribution in [0.4, 0.5) is 0 Å². The highest BCUT2D eigenvalue weighted by atomic mass is 16.5. The number of aromatic nitrogens is 1. The van der Waals surface area contributed by atoms with E-state index in [1.807, 2.05) is 37.3 Å². The number of hydrogen-bond acceptors (Lipinski definition) is 5. The largest absolute Gasteiger partial charge is 0.453 e. The molecule has 1 aromatic carbocycles. The van der Waals surface area contributed by atoms with Crippen LogP contribution in [0, 0.1) is 0 Å². The Morgan fingerprint density at radius 3 is 2.96 bits per heavy atom. The Morgan fingerprint density at radius 2 is 2.12 bits per heavy atom. The molecule has 126 valence electrons. The van der Waals surface area contributed by atoms with Crippen molar-refractivity contribution in [2.75, 3.05) is 19.8 Å². The second-order valence-corrected chi connectivity index (χ2v) is 5.41. The number of para-hydroxylation sites is 1. The molecule has 2 heterocycles. The number of hydrogen-bond donors (Lipinski definition) is 1. The third kappa shape index (κ3) is 4.02. The Kier molecular flexibility index (Phi) is 5.28. The molecule has 0 aliphatic heterocycles. The number of amides is 1. The van der Waals surface area contributed by atoms with E-state index in [9.17, 15) is 4.79 Å². The lowest BCUT2D eigenvalue weighted by Crippen LogP contribution is -2.26. The maximum atomic E-state index is 11.9. The lowest BCUT2D eigenvalue weighted by atomic mass is 10.2. The summed E-state index contributed by atoms with van der Waals surface area (Å²) in [5.41, 5.74) is 1.37. The van der Waals surface area contributed by atoms with Crippen molar-refractivity contribution in [2.45, 2.75) is 19.8 Å². The van der Waals surface area contributed by atoms with Crippen molar-refractivity contribution in [3.05, 3.63) is 42.1 Å². The van der Waals surface area contributed by atoms with Gasteiger partial charge in [-0.25, -0.2) is 0 Å². The molecule has 0 atom stereocenters. The summed E-state index contributed by atoms with van der Waals surface area (Å²) in [6.07, 6.45) is 0.973. The van der Waals surface area contributed by atoms with E-state index in [-0.39, 0.29) is 12.3 Å². The second kappa shape index (κ2) is 7.79. The molecule has 3 aromatic rings. The molecule has 0 bridgehead atoms. The molecule has 2 aromatic heterocycles. The number of nitrogens with zero attached hydrogens (tertiary/aromatic N) is 1. The average molecular weight is 328 g/mol. The molecule has 6 nitrogen and oxygen atoms in total. The minimum atomic E-state index is -0.0871. The molecule has 0 radical (unpaired) electrons. The molecular weight excluding hydrogens is 308 g/mol. The topological polar surface area (TPSA) is 77.5 Å². The van der Waals surface area contributed by atoms with Gasteiger partial charge >= 0.3 is 0 Å². The number of furan rings is 1. The van der Waals surface area contributed by atoms with Gasteiger partial charge in [-0.05, 0) is 25.5 Å². The minimum absolute atomic E-state index is 0.0871. The number of carbonyl (C=O) groups is 1. The van der Waals surface area contributed by atoms with Crippen molar-refractivity contribution in [1.82, 2.24) is 10.5 Å². The van der Waals surface area contributed by atoms with Gasteiger partial charge in [0.15, 0.2) is 5.76 Å². The zero-order chi connectivity index (χ0) is 16.8. The van der Waals surface area contributed by atoms with Gasteiger partial charge in [-0.1, -0.05) is 23.4 Å². The van der Waals surface area contributed by atoms with Gasteiger partial charge in [0, 0.05) is 31.2 Å². The molecule has 3 rings (SSSR count). The van der Waals surface area contributed by atoms with Crippen molar-refractivity contribution < 1.29 is 18.5 Å². The van der Waals surface area contributed by atoms with Crippen LogP contribution in [0.3, 0.4) is 0 Å². The maximum absolute atomic E-state index is 11.9. The van der Waals surface area contributed by atoms with Crippen molar-refractivity contribution in [3.63, 3.8) is 0 Å². The molecule has 1 amide bonds. The van der Waals surface area contributed by atoms with Gasteiger partial charge in [0.2, 0.25) is 11.7 Å². The Balaban J connectivity index is 1.56. The predicted molar refractivity (Wildman–Crippen MR) is 89.5 cm³/mol. The van der Waals surface area contributed by atoms with Crippen LogP contribution in [0.25, 0.3) is 22.5 Å². The fourth-order valence-electron chi connectivity index (χ4n) is 2.39. The summed E-state index contributed by atoms with van der Waals surface area (Å²) < 4.78 is 16.2. The van der Waals surface area contributed by atoms with E-state index in [0.717, 1.165) is 17.4 Å². The minimum Gasteiger partial charge on any atom is -0.453 e. The molecule has 24 heavy (non-hydrogen) atoms. The van der Waals surface area contributed by atoms with E-state index in [2.05, 4.69) is 10.5 Å². The van der Waals surface area contributed by atoms with Gasteiger partial charge in [-0.3, -0.25) is 4.79 Å². The maximum Gasteiger partial charge on any atom is 0.226 e. The van der Waals surface area contributed by atoms with E-state index < -0.39 is 0 Å². The van der Waals surface area contributed by atoms with Crippen molar-refractivity contribution >= 4 is 16.9 Å². The number of fused-ring (bicyclic) bond motifs is 1. The monoisotopic (exact) mass is 328 g/mol. The standard InChI is InChI=1S/C18H20N2O4/c1-2-22-9-5-8-19-18(21)12-14-11-17(24-20-14)16-10-13-6-3-4-7-15(13)23-16/h3-4,6-7,10-11H,2,5,8-9,12H2,1H3,(H,19,21). The number of carbonyl (C=O) groups excluding carboxylic acids is 1. The summed E-state index contributed by atoms with van der Waals surface area (Å²) in [6, 6.07) is 11.4. The van der Waals surface area contributed by atoms with Gasteiger partial charge in [-0.15, -0.1) is 0 Å². The Bertz CT molecular complexity index is 773.